The molecule has 1 atom stereocenters. The highest BCUT2D eigenvalue weighted by atomic mass is 19.1. The van der Waals surface area contributed by atoms with E-state index in [1.54, 1.807) is 13.2 Å². The van der Waals surface area contributed by atoms with Crippen molar-refractivity contribution in [2.75, 3.05) is 26.7 Å². The first-order valence-corrected chi connectivity index (χ1v) is 8.38. The average molecular weight is 332 g/mol. The van der Waals surface area contributed by atoms with Crippen LogP contribution in [-0.2, 0) is 6.42 Å². The van der Waals surface area contributed by atoms with Crippen LogP contribution in [0.15, 0.2) is 18.3 Å². The van der Waals surface area contributed by atoms with Crippen LogP contribution in [0.2, 0.25) is 0 Å². The molecule has 0 unspecified atom stereocenters. The van der Waals surface area contributed by atoms with Crippen molar-refractivity contribution in [3.8, 4) is 5.88 Å². The van der Waals surface area contributed by atoms with E-state index in [0.29, 0.717) is 34.8 Å². The minimum atomic E-state index is -0.307. The number of likely N-dealkylation sites (tertiary alicyclic amines) is 1. The molecule has 1 saturated heterocycles. The largest absolute Gasteiger partial charge is 0.481 e. The van der Waals surface area contributed by atoms with Gasteiger partial charge in [-0.1, -0.05) is 0 Å². The maximum absolute atomic E-state index is 14.3. The number of rotatable bonds is 5. The fourth-order valence-corrected chi connectivity index (χ4v) is 3.34. The summed E-state index contributed by atoms with van der Waals surface area (Å²) in [7, 11) is 1.56. The first kappa shape index (κ1) is 17.0. The maximum Gasteiger partial charge on any atom is 0.213 e. The number of hydrogen-bond donors (Lipinski definition) is 1. The number of nitrogens with zero attached hydrogens (tertiary/aromatic N) is 3. The lowest BCUT2D eigenvalue weighted by molar-refractivity contribution is 0.282. The van der Waals surface area contributed by atoms with Crippen molar-refractivity contribution < 1.29 is 9.13 Å². The minimum Gasteiger partial charge on any atom is -0.481 e. The molecule has 2 aromatic heterocycles. The molecule has 1 fully saturated rings. The van der Waals surface area contributed by atoms with Gasteiger partial charge in [-0.2, -0.15) is 0 Å². The summed E-state index contributed by atoms with van der Waals surface area (Å²) in [4.78, 5) is 10.9. The summed E-state index contributed by atoms with van der Waals surface area (Å²) in [5, 5.41) is 0. The van der Waals surface area contributed by atoms with E-state index in [2.05, 4.69) is 28.7 Å². The SMILES string of the molecule is COc1ccc2ncc(F)c(CCN3CC[C@@H](C(C)(C)N)C3)c2n1. The zero-order valence-corrected chi connectivity index (χ0v) is 14.6. The van der Waals surface area contributed by atoms with Gasteiger partial charge in [0.1, 0.15) is 5.82 Å². The smallest absolute Gasteiger partial charge is 0.213 e. The molecular weight excluding hydrogens is 307 g/mol. The van der Waals surface area contributed by atoms with E-state index in [9.17, 15) is 4.39 Å². The number of methoxy groups -OCH3 is 1. The van der Waals surface area contributed by atoms with Gasteiger partial charge in [0, 0.05) is 30.3 Å². The van der Waals surface area contributed by atoms with Gasteiger partial charge < -0.3 is 15.4 Å². The maximum atomic E-state index is 14.3. The number of halogens is 1. The van der Waals surface area contributed by atoms with Crippen LogP contribution in [0.1, 0.15) is 25.8 Å². The van der Waals surface area contributed by atoms with Crippen molar-refractivity contribution in [2.45, 2.75) is 32.2 Å². The highest BCUT2D eigenvalue weighted by Gasteiger charge is 2.32. The van der Waals surface area contributed by atoms with Gasteiger partial charge in [0.15, 0.2) is 0 Å². The Labute approximate surface area is 142 Å². The molecule has 1 aliphatic heterocycles. The van der Waals surface area contributed by atoms with E-state index in [1.165, 1.54) is 6.20 Å². The minimum absolute atomic E-state index is 0.168. The summed E-state index contributed by atoms with van der Waals surface area (Å²) < 4.78 is 19.5. The normalized spacial score (nSPS) is 19.1. The number of aromatic nitrogens is 2. The quantitative estimate of drug-likeness (QED) is 0.911. The van der Waals surface area contributed by atoms with Gasteiger partial charge in [-0.15, -0.1) is 0 Å². The Bertz CT molecular complexity index is 729. The van der Waals surface area contributed by atoms with Gasteiger partial charge in [0.2, 0.25) is 5.88 Å². The molecule has 0 radical (unpaired) electrons. The first-order chi connectivity index (χ1) is 11.4. The summed E-state index contributed by atoms with van der Waals surface area (Å²) in [5.74, 6) is 0.648. The Morgan fingerprint density at radius 1 is 1.42 bits per heavy atom. The van der Waals surface area contributed by atoms with Crippen LogP contribution < -0.4 is 10.5 Å². The molecule has 2 aromatic rings. The third-order valence-corrected chi connectivity index (χ3v) is 4.95. The van der Waals surface area contributed by atoms with Crippen molar-refractivity contribution in [1.82, 2.24) is 14.9 Å². The monoisotopic (exact) mass is 332 g/mol. The molecule has 0 aliphatic carbocycles. The molecule has 5 nitrogen and oxygen atoms in total. The highest BCUT2D eigenvalue weighted by molar-refractivity contribution is 5.78. The summed E-state index contributed by atoms with van der Waals surface area (Å²) in [6, 6.07) is 3.55. The molecule has 2 N–H and O–H groups in total. The number of pyridine rings is 2. The molecule has 0 saturated carbocycles. The molecule has 0 amide bonds. The summed E-state index contributed by atoms with van der Waals surface area (Å²) in [5.41, 5.74) is 7.94. The Hall–Kier alpha value is -1.79. The Morgan fingerprint density at radius 3 is 2.88 bits per heavy atom. The lowest BCUT2D eigenvalue weighted by Crippen LogP contribution is -2.42. The van der Waals surface area contributed by atoms with E-state index in [-0.39, 0.29) is 11.4 Å². The molecule has 130 valence electrons. The second-order valence-corrected chi connectivity index (χ2v) is 7.16. The van der Waals surface area contributed by atoms with Gasteiger partial charge in [0.25, 0.3) is 0 Å². The Morgan fingerprint density at radius 2 is 2.21 bits per heavy atom. The number of fused-ring (bicyclic) bond motifs is 1. The zero-order chi connectivity index (χ0) is 17.3. The summed E-state index contributed by atoms with van der Waals surface area (Å²) >= 11 is 0. The second kappa shape index (κ2) is 6.61. The fraction of sp³-hybridized carbons (Fsp3) is 0.556. The topological polar surface area (TPSA) is 64.3 Å². The fourth-order valence-electron chi connectivity index (χ4n) is 3.34. The first-order valence-electron chi connectivity index (χ1n) is 8.38. The van der Waals surface area contributed by atoms with E-state index in [1.807, 2.05) is 6.07 Å². The Balaban J connectivity index is 1.77. The third kappa shape index (κ3) is 3.49. The van der Waals surface area contributed by atoms with Gasteiger partial charge in [-0.05, 0) is 45.2 Å². The molecule has 0 spiro atoms. The number of ether oxygens (including phenoxy) is 1. The van der Waals surface area contributed by atoms with Crippen molar-refractivity contribution in [1.29, 1.82) is 0 Å². The third-order valence-electron chi connectivity index (χ3n) is 4.95. The highest BCUT2D eigenvalue weighted by Crippen LogP contribution is 2.26. The van der Waals surface area contributed by atoms with E-state index < -0.39 is 0 Å². The number of hydrogen-bond acceptors (Lipinski definition) is 5. The molecule has 1 aliphatic rings. The van der Waals surface area contributed by atoms with Crippen LogP contribution in [-0.4, -0.2) is 47.2 Å². The van der Waals surface area contributed by atoms with E-state index in [0.717, 1.165) is 26.1 Å². The predicted octanol–water partition coefficient (Wildman–Crippen LogP) is 2.38. The lowest BCUT2D eigenvalue weighted by Gasteiger charge is -2.27. The van der Waals surface area contributed by atoms with Crippen LogP contribution >= 0.6 is 0 Å². The van der Waals surface area contributed by atoms with Gasteiger partial charge in [-0.25, -0.2) is 9.37 Å². The van der Waals surface area contributed by atoms with Crippen molar-refractivity contribution in [3.05, 3.63) is 29.7 Å². The van der Waals surface area contributed by atoms with E-state index >= 15 is 0 Å². The molecule has 3 rings (SSSR count). The molecule has 6 heteroatoms. The van der Waals surface area contributed by atoms with Crippen LogP contribution in [0, 0.1) is 11.7 Å². The lowest BCUT2D eigenvalue weighted by atomic mass is 9.88. The van der Waals surface area contributed by atoms with Crippen molar-refractivity contribution in [3.63, 3.8) is 0 Å². The van der Waals surface area contributed by atoms with Crippen molar-refractivity contribution in [2.24, 2.45) is 11.7 Å². The Kier molecular flexibility index (Phi) is 4.69. The molecule has 0 aromatic carbocycles. The van der Waals surface area contributed by atoms with E-state index in [4.69, 9.17) is 10.5 Å². The molecular formula is C18H25FN4O. The van der Waals surface area contributed by atoms with Gasteiger partial charge in [0.05, 0.1) is 24.3 Å². The standard InChI is InChI=1S/C18H25FN4O/c1-18(2,20)12-6-8-23(11-12)9-7-13-14(19)10-21-15-4-5-16(24-3)22-17(13)15/h4-5,10,12H,6-9,11,20H2,1-3H3/t12-/m1/s1. The van der Waals surface area contributed by atoms with Crippen LogP contribution in [0.3, 0.4) is 0 Å². The average Bonchev–Trinajstić information content (AvgIpc) is 3.02. The molecule has 24 heavy (non-hydrogen) atoms. The van der Waals surface area contributed by atoms with Crippen molar-refractivity contribution >= 4 is 11.0 Å². The number of nitrogens with two attached hydrogens (primary N) is 1. The predicted molar refractivity (Wildman–Crippen MR) is 92.6 cm³/mol. The van der Waals surface area contributed by atoms with Gasteiger partial charge >= 0.3 is 0 Å². The molecule has 3 heterocycles. The van der Waals surface area contributed by atoms with Gasteiger partial charge in [-0.3, -0.25) is 4.98 Å². The van der Waals surface area contributed by atoms with Crippen LogP contribution in [0.4, 0.5) is 4.39 Å². The molecule has 0 bridgehead atoms. The zero-order valence-electron chi connectivity index (χ0n) is 14.6. The summed E-state index contributed by atoms with van der Waals surface area (Å²) in [6.45, 7) is 6.92. The van der Waals surface area contributed by atoms with Crippen LogP contribution in [0.5, 0.6) is 5.88 Å². The second-order valence-electron chi connectivity index (χ2n) is 7.16. The summed E-state index contributed by atoms with van der Waals surface area (Å²) in [6.07, 6.45) is 2.97. The van der Waals surface area contributed by atoms with Crippen LogP contribution in [0.25, 0.3) is 11.0 Å².